The Kier molecular flexibility index (Phi) is 14.2. The van der Waals surface area contributed by atoms with Gasteiger partial charge < -0.3 is 9.84 Å². The standard InChI is InChI=1S/C25H26N2O2S.C19H22N2O.C6H5ClOS/c1-2-17-16-27-12-10-18(17)14-23(27)25(29-24(28)15-19-6-5-13-30-19)21-9-11-26-22-8-4-3-7-20(21)22;1-2-13-12-21-10-8-14(13)11-18(21)19(22)16-7-9-20-17-6-4-3-5-15(16)17;7-6(8)4-5-2-1-3-9-5/h2-9,11,13,17-18,23,25H,1,10,12,14-16H2;2-7,9,13-14,18-19,22H,1,8,10-12H2;1-3H,4H2/t17-,18-,23-,25+;13-,14-,18-,19+;/m00./s1. The number of carbonyl (C=O) groups is 2. The van der Waals surface area contributed by atoms with Crippen molar-refractivity contribution < 1.29 is 19.4 Å². The van der Waals surface area contributed by atoms with Gasteiger partial charge in [-0.25, -0.2) is 0 Å². The first-order valence-electron chi connectivity index (χ1n) is 21.3. The highest BCUT2D eigenvalue weighted by atomic mass is 35.5. The summed E-state index contributed by atoms with van der Waals surface area (Å²) >= 11 is 8.28. The lowest BCUT2D eigenvalue weighted by molar-refractivity contribution is -0.156. The molecule has 2 aromatic carbocycles. The number of pyridine rings is 2. The quantitative estimate of drug-likeness (QED) is 0.0781. The van der Waals surface area contributed by atoms with Gasteiger partial charge in [0.2, 0.25) is 5.24 Å². The van der Waals surface area contributed by atoms with Crippen molar-refractivity contribution >= 4 is 67.3 Å². The summed E-state index contributed by atoms with van der Waals surface area (Å²) in [5.41, 5.74) is 3.97. The Morgan fingerprint density at radius 1 is 0.738 bits per heavy atom. The third-order valence-corrected chi connectivity index (χ3v) is 14.9. The van der Waals surface area contributed by atoms with Gasteiger partial charge in [-0.05, 0) is 127 Å². The van der Waals surface area contributed by atoms with Crippen LogP contribution < -0.4 is 0 Å². The largest absolute Gasteiger partial charge is 0.455 e. The lowest BCUT2D eigenvalue weighted by Crippen LogP contribution is -2.55. The number of ether oxygens (including phenoxy) is 1. The molecule has 0 amide bonds. The maximum Gasteiger partial charge on any atom is 0.311 e. The van der Waals surface area contributed by atoms with Crippen LogP contribution in [0.5, 0.6) is 0 Å². The molecule has 6 saturated heterocycles. The fourth-order valence-electron chi connectivity index (χ4n) is 9.98. The monoisotopic (exact) mass is 872 g/mol. The Morgan fingerprint density at radius 2 is 1.26 bits per heavy atom. The molecule has 316 valence electrons. The number of thiophene rings is 2. The zero-order chi connectivity index (χ0) is 42.3. The molecule has 0 aliphatic carbocycles. The molecule has 12 rings (SSSR count). The second-order valence-corrected chi connectivity index (χ2v) is 19.0. The zero-order valence-corrected chi connectivity index (χ0v) is 36.7. The summed E-state index contributed by atoms with van der Waals surface area (Å²) in [6.45, 7) is 12.2. The summed E-state index contributed by atoms with van der Waals surface area (Å²) in [4.78, 5) is 39.2. The highest BCUT2D eigenvalue weighted by Crippen LogP contribution is 2.44. The molecule has 0 saturated carbocycles. The first-order chi connectivity index (χ1) is 29.8. The first-order valence-corrected chi connectivity index (χ1v) is 23.4. The highest BCUT2D eigenvalue weighted by Gasteiger charge is 2.45. The number of rotatable bonds is 11. The van der Waals surface area contributed by atoms with Gasteiger partial charge in [-0.2, -0.15) is 0 Å². The Labute approximate surface area is 371 Å². The third-order valence-electron chi connectivity index (χ3n) is 13.1. The van der Waals surface area contributed by atoms with E-state index in [1.807, 2.05) is 96.0 Å². The van der Waals surface area contributed by atoms with Crippen LogP contribution in [-0.4, -0.2) is 74.3 Å². The van der Waals surface area contributed by atoms with E-state index in [2.05, 4.69) is 57.2 Å². The molecule has 10 heterocycles. The van der Waals surface area contributed by atoms with Crippen LogP contribution in [0.25, 0.3) is 21.8 Å². The molecule has 0 spiro atoms. The van der Waals surface area contributed by atoms with Gasteiger partial charge in [0.25, 0.3) is 0 Å². The van der Waals surface area contributed by atoms with Crippen molar-refractivity contribution in [3.05, 3.63) is 154 Å². The molecule has 8 nitrogen and oxygen atoms in total. The van der Waals surface area contributed by atoms with Crippen molar-refractivity contribution in [3.63, 3.8) is 0 Å². The summed E-state index contributed by atoms with van der Waals surface area (Å²) in [6.07, 6.45) is 12.3. The summed E-state index contributed by atoms with van der Waals surface area (Å²) < 4.78 is 6.25. The summed E-state index contributed by atoms with van der Waals surface area (Å²) in [7, 11) is 0. The number of aliphatic hydroxyl groups excluding tert-OH is 1. The lowest BCUT2D eigenvalue weighted by Gasteiger charge is -2.51. The number of aromatic nitrogens is 2. The average molecular weight is 874 g/mol. The van der Waals surface area contributed by atoms with Crippen molar-refractivity contribution in [2.45, 2.75) is 62.8 Å². The van der Waals surface area contributed by atoms with Crippen LogP contribution in [0.2, 0.25) is 0 Å². The van der Waals surface area contributed by atoms with Crippen molar-refractivity contribution in [2.24, 2.45) is 23.7 Å². The molecule has 6 aliphatic rings. The first kappa shape index (κ1) is 43.1. The molecule has 61 heavy (non-hydrogen) atoms. The van der Waals surface area contributed by atoms with Gasteiger partial charge in [0.15, 0.2) is 0 Å². The van der Waals surface area contributed by atoms with Gasteiger partial charge in [-0.1, -0.05) is 60.7 Å². The lowest BCUT2D eigenvalue weighted by atomic mass is 9.73. The number of para-hydroxylation sites is 2. The number of carbonyl (C=O) groups excluding carboxylic acids is 2. The van der Waals surface area contributed by atoms with E-state index in [1.165, 1.54) is 12.8 Å². The third kappa shape index (κ3) is 10.1. The molecule has 1 N–H and O–H groups in total. The Balaban J connectivity index is 0.000000144. The van der Waals surface area contributed by atoms with E-state index in [-0.39, 0.29) is 29.4 Å². The van der Waals surface area contributed by atoms with Crippen LogP contribution >= 0.6 is 34.3 Å². The number of piperidine rings is 6. The highest BCUT2D eigenvalue weighted by molar-refractivity contribution is 7.10. The van der Waals surface area contributed by atoms with Gasteiger partial charge in [0, 0.05) is 57.6 Å². The number of nitrogens with zero attached hydrogens (tertiary/aromatic N) is 4. The summed E-state index contributed by atoms with van der Waals surface area (Å²) in [6, 6.07) is 28.4. The van der Waals surface area contributed by atoms with E-state index < -0.39 is 6.10 Å². The molecule has 10 atom stereocenters. The average Bonchev–Trinajstić information content (AvgIpc) is 4.03. The van der Waals surface area contributed by atoms with Gasteiger partial charge in [-0.15, -0.1) is 35.8 Å². The maximum absolute atomic E-state index is 12.9. The Morgan fingerprint density at radius 3 is 1.77 bits per heavy atom. The smallest absolute Gasteiger partial charge is 0.311 e. The van der Waals surface area contributed by atoms with E-state index in [9.17, 15) is 14.7 Å². The number of hydrogen-bond donors (Lipinski definition) is 1. The summed E-state index contributed by atoms with van der Waals surface area (Å²) in [5.74, 6) is 2.25. The van der Waals surface area contributed by atoms with E-state index in [1.54, 1.807) is 22.7 Å². The molecule has 2 unspecified atom stereocenters. The second-order valence-electron chi connectivity index (χ2n) is 16.5. The minimum atomic E-state index is -0.443. The molecule has 11 heteroatoms. The molecule has 6 aliphatic heterocycles. The molecule has 0 radical (unpaired) electrons. The van der Waals surface area contributed by atoms with Crippen molar-refractivity contribution in [1.82, 2.24) is 19.8 Å². The van der Waals surface area contributed by atoms with Crippen LogP contribution in [0.4, 0.5) is 0 Å². The van der Waals surface area contributed by atoms with Crippen molar-refractivity contribution in [1.29, 1.82) is 0 Å². The van der Waals surface area contributed by atoms with Crippen LogP contribution in [0.1, 0.15) is 58.8 Å². The molecular weight excluding hydrogens is 820 g/mol. The summed E-state index contributed by atoms with van der Waals surface area (Å²) in [5, 5.41) is 16.8. The van der Waals surface area contributed by atoms with Crippen LogP contribution in [-0.2, 0) is 27.2 Å². The predicted molar refractivity (Wildman–Crippen MR) is 248 cm³/mol. The van der Waals surface area contributed by atoms with E-state index >= 15 is 0 Å². The van der Waals surface area contributed by atoms with Crippen molar-refractivity contribution in [3.8, 4) is 0 Å². The topological polar surface area (TPSA) is 95.9 Å². The fraction of sp³-hybridized carbons (Fsp3) is 0.360. The van der Waals surface area contributed by atoms with Crippen LogP contribution in [0.3, 0.4) is 0 Å². The number of aliphatic hydroxyl groups is 1. The molecule has 6 fully saturated rings. The van der Waals surface area contributed by atoms with Crippen LogP contribution in [0.15, 0.2) is 133 Å². The molecule has 4 bridgehead atoms. The number of hydrogen-bond acceptors (Lipinski definition) is 10. The SMILES string of the molecule is C=C[C@H]1CN2CC[C@H]1C[C@H]2[C@H](O)c1ccnc2ccccc12.C=C[C@H]1CN2CC[C@H]1C[C@H]2[C@H](OC(=O)Cc1cccs1)c1ccnc2ccccc12.O=C(Cl)Cc1cccs1. The van der Waals surface area contributed by atoms with Gasteiger partial charge in [-0.3, -0.25) is 29.4 Å². The number of fused-ring (bicyclic) bond motifs is 8. The normalized spacial score (nSPS) is 25.9. The zero-order valence-electron chi connectivity index (χ0n) is 34.3. The van der Waals surface area contributed by atoms with Crippen LogP contribution in [0, 0.1) is 23.7 Å². The van der Waals surface area contributed by atoms with E-state index in [0.717, 1.165) is 81.7 Å². The molecule has 6 aromatic rings. The van der Waals surface area contributed by atoms with Gasteiger partial charge in [0.05, 0.1) is 36.0 Å². The molecule has 4 aromatic heterocycles. The maximum atomic E-state index is 12.9. The fourth-order valence-corrected chi connectivity index (χ4v) is 11.6. The Bertz CT molecular complexity index is 2410. The number of benzene rings is 2. The Hall–Kier alpha value is -4.55. The minimum Gasteiger partial charge on any atom is -0.455 e. The number of halogens is 1. The van der Waals surface area contributed by atoms with Gasteiger partial charge in [0.1, 0.15) is 6.10 Å². The molecular formula is C50H53ClN4O4S2. The van der Waals surface area contributed by atoms with E-state index in [0.29, 0.717) is 36.5 Å². The number of esters is 1. The van der Waals surface area contributed by atoms with E-state index in [4.69, 9.17) is 16.3 Å². The minimum absolute atomic E-state index is 0.161. The van der Waals surface area contributed by atoms with Gasteiger partial charge >= 0.3 is 5.97 Å². The second kappa shape index (κ2) is 20.1. The van der Waals surface area contributed by atoms with Crippen molar-refractivity contribution in [2.75, 3.05) is 26.2 Å². The predicted octanol–water partition coefficient (Wildman–Crippen LogP) is 10.2.